The minimum absolute atomic E-state index is 0.0247. The maximum absolute atomic E-state index is 11.7. The topological polar surface area (TPSA) is 86.9 Å². The number of halogens is 1. The van der Waals surface area contributed by atoms with E-state index in [9.17, 15) is 4.79 Å². The van der Waals surface area contributed by atoms with Gasteiger partial charge in [0.25, 0.3) is 5.89 Å². The van der Waals surface area contributed by atoms with Crippen LogP contribution in [0.15, 0.2) is 40.9 Å². The van der Waals surface area contributed by atoms with Crippen LogP contribution in [-0.2, 0) is 16.1 Å². The molecule has 8 nitrogen and oxygen atoms in total. The monoisotopic (exact) mass is 485 g/mol. The Morgan fingerprint density at radius 1 is 1.21 bits per heavy atom. The number of esters is 1. The van der Waals surface area contributed by atoms with Crippen molar-refractivity contribution in [3.05, 3.63) is 47.0 Å². The maximum Gasteiger partial charge on any atom is 0.307 e. The minimum atomic E-state index is -0.190. The second-order valence-electron chi connectivity index (χ2n) is 8.24. The van der Waals surface area contributed by atoms with Crippen LogP contribution in [0.5, 0.6) is 11.5 Å². The first-order chi connectivity index (χ1) is 16.4. The van der Waals surface area contributed by atoms with E-state index in [2.05, 4.69) is 15.0 Å². The zero-order chi connectivity index (χ0) is 24.1. The van der Waals surface area contributed by atoms with Gasteiger partial charge in [0.2, 0.25) is 5.82 Å². The summed E-state index contributed by atoms with van der Waals surface area (Å²) in [5.41, 5.74) is 2.53. The quantitative estimate of drug-likeness (QED) is 0.412. The van der Waals surface area contributed by atoms with Crippen molar-refractivity contribution in [1.29, 1.82) is 0 Å². The highest BCUT2D eigenvalue weighted by molar-refractivity contribution is 6.32. The Kier molecular flexibility index (Phi) is 7.70. The molecule has 1 aromatic heterocycles. The van der Waals surface area contributed by atoms with Crippen LogP contribution in [-0.4, -0.2) is 53.4 Å². The fourth-order valence-corrected chi connectivity index (χ4v) is 3.93. The average Bonchev–Trinajstić information content (AvgIpc) is 3.20. The van der Waals surface area contributed by atoms with E-state index in [0.29, 0.717) is 60.8 Å². The average molecular weight is 486 g/mol. The Morgan fingerprint density at radius 2 is 2.03 bits per heavy atom. The van der Waals surface area contributed by atoms with Crippen LogP contribution < -0.4 is 9.47 Å². The van der Waals surface area contributed by atoms with E-state index in [0.717, 1.165) is 23.4 Å². The summed E-state index contributed by atoms with van der Waals surface area (Å²) in [6.07, 6.45) is 0.373. The molecule has 2 aromatic carbocycles. The van der Waals surface area contributed by atoms with Gasteiger partial charge in [-0.15, -0.1) is 0 Å². The Labute approximate surface area is 203 Å². The van der Waals surface area contributed by atoms with Gasteiger partial charge in [-0.2, -0.15) is 4.98 Å². The summed E-state index contributed by atoms with van der Waals surface area (Å²) in [6.45, 7) is 8.63. The van der Waals surface area contributed by atoms with Gasteiger partial charge in [-0.25, -0.2) is 0 Å². The van der Waals surface area contributed by atoms with Crippen molar-refractivity contribution in [2.75, 3.05) is 26.3 Å². The molecule has 0 fully saturated rings. The summed E-state index contributed by atoms with van der Waals surface area (Å²) in [5.74, 6) is 2.08. The van der Waals surface area contributed by atoms with Gasteiger partial charge >= 0.3 is 5.97 Å². The minimum Gasteiger partial charge on any atom is -0.492 e. The fraction of sp³-hybridized carbons (Fsp3) is 0.400. The molecule has 4 rings (SSSR count). The van der Waals surface area contributed by atoms with Crippen LogP contribution >= 0.6 is 11.6 Å². The molecule has 3 aromatic rings. The van der Waals surface area contributed by atoms with Crippen molar-refractivity contribution >= 4 is 17.6 Å². The molecule has 0 spiro atoms. The van der Waals surface area contributed by atoms with E-state index >= 15 is 0 Å². The van der Waals surface area contributed by atoms with Gasteiger partial charge in [0.15, 0.2) is 0 Å². The second-order valence-corrected chi connectivity index (χ2v) is 8.64. The zero-order valence-corrected chi connectivity index (χ0v) is 20.3. The van der Waals surface area contributed by atoms with Crippen molar-refractivity contribution in [2.45, 2.75) is 39.8 Å². The molecule has 0 atom stereocenters. The van der Waals surface area contributed by atoms with E-state index in [4.69, 9.17) is 30.3 Å². The number of ether oxygens (including phenoxy) is 3. The van der Waals surface area contributed by atoms with E-state index < -0.39 is 0 Å². The van der Waals surface area contributed by atoms with Crippen molar-refractivity contribution in [1.82, 2.24) is 15.0 Å². The number of benzene rings is 2. The lowest BCUT2D eigenvalue weighted by Gasteiger charge is -2.18. The van der Waals surface area contributed by atoms with Crippen LogP contribution in [0.4, 0.5) is 0 Å². The van der Waals surface area contributed by atoms with Crippen molar-refractivity contribution in [3.63, 3.8) is 0 Å². The summed E-state index contributed by atoms with van der Waals surface area (Å²) in [5, 5.41) is 4.64. The molecule has 34 heavy (non-hydrogen) atoms. The Morgan fingerprint density at radius 3 is 2.79 bits per heavy atom. The summed E-state index contributed by atoms with van der Waals surface area (Å²) >= 11 is 6.36. The van der Waals surface area contributed by atoms with E-state index in [1.165, 1.54) is 0 Å². The van der Waals surface area contributed by atoms with E-state index in [-0.39, 0.29) is 12.1 Å². The molecule has 0 radical (unpaired) electrons. The predicted molar refractivity (Wildman–Crippen MR) is 128 cm³/mol. The number of hydrogen-bond acceptors (Lipinski definition) is 8. The molecule has 9 heteroatoms. The van der Waals surface area contributed by atoms with Crippen LogP contribution in [0, 0.1) is 0 Å². The summed E-state index contributed by atoms with van der Waals surface area (Å²) < 4.78 is 22.1. The molecule has 1 aliphatic rings. The molecule has 0 N–H and O–H groups in total. The highest BCUT2D eigenvalue weighted by Crippen LogP contribution is 2.32. The third-order valence-electron chi connectivity index (χ3n) is 5.28. The predicted octanol–water partition coefficient (Wildman–Crippen LogP) is 4.99. The number of carbonyl (C=O) groups excluding carboxylic acids is 1. The molecular weight excluding hydrogens is 458 g/mol. The van der Waals surface area contributed by atoms with Gasteiger partial charge in [0.05, 0.1) is 24.2 Å². The Bertz CT molecular complexity index is 1150. The van der Waals surface area contributed by atoms with Gasteiger partial charge in [0, 0.05) is 36.3 Å². The molecule has 0 unspecified atom stereocenters. The van der Waals surface area contributed by atoms with Gasteiger partial charge in [-0.1, -0.05) is 16.8 Å². The number of hydrogen-bond donors (Lipinski definition) is 0. The third kappa shape index (κ3) is 5.87. The fourth-order valence-electron chi connectivity index (χ4n) is 3.70. The third-order valence-corrected chi connectivity index (χ3v) is 5.58. The van der Waals surface area contributed by atoms with E-state index in [1.807, 2.05) is 45.0 Å². The zero-order valence-electron chi connectivity index (χ0n) is 19.5. The molecule has 2 heterocycles. The second kappa shape index (κ2) is 10.9. The number of fused-ring (bicyclic) bond motifs is 1. The molecule has 1 aliphatic heterocycles. The largest absolute Gasteiger partial charge is 0.492 e. The molecule has 0 bridgehead atoms. The highest BCUT2D eigenvalue weighted by Gasteiger charge is 2.19. The number of aromatic nitrogens is 2. The molecule has 0 aliphatic carbocycles. The standard InChI is InChI=1S/C25H28ClN3O5/c1-4-31-23(30)9-10-29-11-12-32-21-7-5-17(13-19(21)15-29)24-27-25(34-28-24)18-6-8-22(20(26)14-18)33-16(2)3/h5-8,13-14,16H,4,9-12,15H2,1-3H3. The smallest absolute Gasteiger partial charge is 0.307 e. The molecule has 0 amide bonds. The van der Waals surface area contributed by atoms with Crippen LogP contribution in [0.3, 0.4) is 0 Å². The van der Waals surface area contributed by atoms with Crippen LogP contribution in [0.25, 0.3) is 22.8 Å². The molecule has 180 valence electrons. The van der Waals surface area contributed by atoms with Gasteiger partial charge in [0.1, 0.15) is 18.1 Å². The lowest BCUT2D eigenvalue weighted by Crippen LogP contribution is -2.28. The summed E-state index contributed by atoms with van der Waals surface area (Å²) in [4.78, 5) is 18.5. The lowest BCUT2D eigenvalue weighted by atomic mass is 10.1. The first-order valence-corrected chi connectivity index (χ1v) is 11.7. The lowest BCUT2D eigenvalue weighted by molar-refractivity contribution is -0.143. The van der Waals surface area contributed by atoms with Gasteiger partial charge in [-0.3, -0.25) is 9.69 Å². The SMILES string of the molecule is CCOC(=O)CCN1CCOc2ccc(-c3noc(-c4ccc(OC(C)C)c(Cl)c4)n3)cc2C1. The van der Waals surface area contributed by atoms with Crippen molar-refractivity contribution < 1.29 is 23.5 Å². The normalized spacial score (nSPS) is 13.8. The maximum atomic E-state index is 11.7. The van der Waals surface area contributed by atoms with E-state index in [1.54, 1.807) is 12.1 Å². The Hall–Kier alpha value is -3.10. The highest BCUT2D eigenvalue weighted by atomic mass is 35.5. The first-order valence-electron chi connectivity index (χ1n) is 11.4. The van der Waals surface area contributed by atoms with Crippen molar-refractivity contribution in [2.24, 2.45) is 0 Å². The van der Waals surface area contributed by atoms with Gasteiger partial charge < -0.3 is 18.7 Å². The van der Waals surface area contributed by atoms with Gasteiger partial charge in [-0.05, 0) is 57.2 Å². The molecule has 0 saturated carbocycles. The van der Waals surface area contributed by atoms with Crippen LogP contribution in [0.1, 0.15) is 32.8 Å². The number of rotatable bonds is 8. The number of carbonyl (C=O) groups is 1. The summed E-state index contributed by atoms with van der Waals surface area (Å²) in [6, 6.07) is 11.2. The van der Waals surface area contributed by atoms with Crippen molar-refractivity contribution in [3.8, 4) is 34.3 Å². The molecular formula is C25H28ClN3O5. The first kappa shape index (κ1) is 24.0. The Balaban J connectivity index is 1.50. The number of nitrogens with zero attached hydrogens (tertiary/aromatic N) is 3. The van der Waals surface area contributed by atoms with Crippen LogP contribution in [0.2, 0.25) is 5.02 Å². The molecule has 0 saturated heterocycles. The summed E-state index contributed by atoms with van der Waals surface area (Å²) in [7, 11) is 0.